The molecule has 0 saturated heterocycles. The molecule has 0 fully saturated rings. The summed E-state index contributed by atoms with van der Waals surface area (Å²) in [6.07, 6.45) is 1.29. The topological polar surface area (TPSA) is 47.6 Å². The first kappa shape index (κ1) is 17.5. The maximum absolute atomic E-state index is 13.6. The van der Waals surface area contributed by atoms with Gasteiger partial charge in [-0.25, -0.2) is 8.78 Å². The summed E-state index contributed by atoms with van der Waals surface area (Å²) >= 11 is 0. The smallest absolute Gasteiger partial charge is 0.248 e. The maximum atomic E-state index is 13.6. The minimum absolute atomic E-state index is 0.217. The van der Waals surface area contributed by atoms with Crippen LogP contribution in [-0.2, 0) is 4.79 Å². The molecule has 6 heteroatoms. The summed E-state index contributed by atoms with van der Waals surface area (Å²) in [6.45, 7) is 1.71. The van der Waals surface area contributed by atoms with Gasteiger partial charge in [-0.3, -0.25) is 4.79 Å². The Morgan fingerprint density at radius 3 is 2.50 bits per heavy atom. The van der Waals surface area contributed by atoms with Crippen LogP contribution in [-0.4, -0.2) is 20.1 Å². The second kappa shape index (κ2) is 7.59. The second-order valence-corrected chi connectivity index (χ2v) is 5.01. The molecule has 0 spiro atoms. The Kier molecular flexibility index (Phi) is 5.52. The Balaban J connectivity index is 2.24. The molecule has 0 saturated carbocycles. The van der Waals surface area contributed by atoms with Crippen molar-refractivity contribution in [2.75, 3.05) is 19.5 Å². The number of hydrogen-bond donors (Lipinski definition) is 1. The number of rotatable bonds is 5. The molecule has 24 heavy (non-hydrogen) atoms. The van der Waals surface area contributed by atoms with Crippen molar-refractivity contribution in [3.63, 3.8) is 0 Å². The van der Waals surface area contributed by atoms with Gasteiger partial charge in [0.05, 0.1) is 19.9 Å². The fourth-order valence-electron chi connectivity index (χ4n) is 2.16. The van der Waals surface area contributed by atoms with Crippen LogP contribution >= 0.6 is 0 Å². The standard InChI is InChI=1S/C18H17F2NO3/c1-11(14-6-5-13(23-2)10-17(14)24-3)8-18(22)21-16-9-12(19)4-7-15(16)20/h4-10H,1-3H3,(H,21,22)/b11-8+. The minimum Gasteiger partial charge on any atom is -0.497 e. The van der Waals surface area contributed by atoms with E-state index in [1.165, 1.54) is 20.3 Å². The van der Waals surface area contributed by atoms with Crippen molar-refractivity contribution in [1.82, 2.24) is 0 Å². The number of nitrogens with one attached hydrogen (secondary N) is 1. The third-order valence-electron chi connectivity index (χ3n) is 3.37. The van der Waals surface area contributed by atoms with Crippen molar-refractivity contribution in [3.8, 4) is 11.5 Å². The summed E-state index contributed by atoms with van der Waals surface area (Å²) in [5, 5.41) is 2.32. The van der Waals surface area contributed by atoms with Gasteiger partial charge in [0.15, 0.2) is 0 Å². The van der Waals surface area contributed by atoms with Gasteiger partial charge in [-0.05, 0) is 36.8 Å². The number of carbonyl (C=O) groups is 1. The van der Waals surface area contributed by atoms with Crippen LogP contribution < -0.4 is 14.8 Å². The molecule has 0 heterocycles. The van der Waals surface area contributed by atoms with E-state index in [0.29, 0.717) is 22.6 Å². The number of hydrogen-bond acceptors (Lipinski definition) is 3. The summed E-state index contributed by atoms with van der Waals surface area (Å²) in [4.78, 5) is 12.0. The Morgan fingerprint density at radius 2 is 1.83 bits per heavy atom. The molecule has 0 bridgehead atoms. The number of anilines is 1. The van der Waals surface area contributed by atoms with Gasteiger partial charge in [0, 0.05) is 23.8 Å². The van der Waals surface area contributed by atoms with Gasteiger partial charge in [-0.15, -0.1) is 0 Å². The zero-order chi connectivity index (χ0) is 17.7. The Hall–Kier alpha value is -2.89. The quantitative estimate of drug-likeness (QED) is 0.841. The average Bonchev–Trinajstić information content (AvgIpc) is 2.57. The van der Waals surface area contributed by atoms with Crippen LogP contribution in [0.1, 0.15) is 12.5 Å². The summed E-state index contributed by atoms with van der Waals surface area (Å²) < 4.78 is 37.1. The molecule has 2 aromatic carbocycles. The molecule has 4 nitrogen and oxygen atoms in total. The van der Waals surface area contributed by atoms with Crippen LogP contribution in [0.25, 0.3) is 5.57 Å². The average molecular weight is 333 g/mol. The van der Waals surface area contributed by atoms with Crippen molar-refractivity contribution in [3.05, 3.63) is 59.7 Å². The summed E-state index contributed by atoms with van der Waals surface area (Å²) in [6, 6.07) is 8.03. The highest BCUT2D eigenvalue weighted by Crippen LogP contribution is 2.30. The minimum atomic E-state index is -0.710. The molecule has 0 aromatic heterocycles. The maximum Gasteiger partial charge on any atom is 0.248 e. The lowest BCUT2D eigenvalue weighted by molar-refractivity contribution is -0.111. The predicted octanol–water partition coefficient (Wildman–Crippen LogP) is 4.02. The van der Waals surface area contributed by atoms with Crippen molar-refractivity contribution >= 4 is 17.2 Å². The van der Waals surface area contributed by atoms with Crippen molar-refractivity contribution in [2.24, 2.45) is 0 Å². The van der Waals surface area contributed by atoms with Gasteiger partial charge < -0.3 is 14.8 Å². The number of ether oxygens (including phenoxy) is 2. The van der Waals surface area contributed by atoms with E-state index in [4.69, 9.17) is 9.47 Å². The summed E-state index contributed by atoms with van der Waals surface area (Å²) in [5.41, 5.74) is 1.07. The van der Waals surface area contributed by atoms with Gasteiger partial charge in [-0.2, -0.15) is 0 Å². The Morgan fingerprint density at radius 1 is 1.08 bits per heavy atom. The lowest BCUT2D eigenvalue weighted by Crippen LogP contribution is -2.10. The van der Waals surface area contributed by atoms with Crippen LogP contribution in [0.5, 0.6) is 11.5 Å². The zero-order valence-electron chi connectivity index (χ0n) is 13.5. The molecule has 0 aliphatic heterocycles. The largest absolute Gasteiger partial charge is 0.497 e. The highest BCUT2D eigenvalue weighted by atomic mass is 19.1. The molecule has 1 amide bonds. The number of carbonyl (C=O) groups excluding carboxylic acids is 1. The van der Waals surface area contributed by atoms with Crippen LogP contribution in [0.4, 0.5) is 14.5 Å². The predicted molar refractivity (Wildman–Crippen MR) is 88.2 cm³/mol. The van der Waals surface area contributed by atoms with E-state index in [2.05, 4.69) is 5.32 Å². The van der Waals surface area contributed by atoms with Crippen LogP contribution in [0, 0.1) is 11.6 Å². The van der Waals surface area contributed by atoms with E-state index < -0.39 is 17.5 Å². The summed E-state index contributed by atoms with van der Waals surface area (Å²) in [7, 11) is 3.05. The van der Waals surface area contributed by atoms with Crippen LogP contribution in [0.3, 0.4) is 0 Å². The first-order chi connectivity index (χ1) is 11.4. The Labute approximate surface area is 138 Å². The number of methoxy groups -OCH3 is 2. The molecule has 0 atom stereocenters. The Bertz CT molecular complexity index is 788. The first-order valence-corrected chi connectivity index (χ1v) is 7.11. The van der Waals surface area contributed by atoms with E-state index in [-0.39, 0.29) is 5.69 Å². The van der Waals surface area contributed by atoms with E-state index >= 15 is 0 Å². The first-order valence-electron chi connectivity index (χ1n) is 7.11. The second-order valence-electron chi connectivity index (χ2n) is 5.01. The normalized spacial score (nSPS) is 11.1. The number of benzene rings is 2. The van der Waals surface area contributed by atoms with Crippen LogP contribution in [0.2, 0.25) is 0 Å². The van der Waals surface area contributed by atoms with Gasteiger partial charge in [-0.1, -0.05) is 0 Å². The van der Waals surface area contributed by atoms with Gasteiger partial charge in [0.2, 0.25) is 5.91 Å². The molecule has 2 rings (SSSR count). The molecule has 0 aliphatic carbocycles. The fourth-order valence-corrected chi connectivity index (χ4v) is 2.16. The molecule has 0 radical (unpaired) electrons. The fraction of sp³-hybridized carbons (Fsp3) is 0.167. The highest BCUT2D eigenvalue weighted by Gasteiger charge is 2.10. The number of halogens is 2. The molecular weight excluding hydrogens is 316 g/mol. The molecular formula is C18H17F2NO3. The summed E-state index contributed by atoms with van der Waals surface area (Å²) in [5.74, 6) is -0.764. The number of allylic oxidation sites excluding steroid dienone is 1. The van der Waals surface area contributed by atoms with E-state index in [1.807, 2.05) is 0 Å². The van der Waals surface area contributed by atoms with Crippen molar-refractivity contribution in [1.29, 1.82) is 0 Å². The SMILES string of the molecule is COc1ccc(/C(C)=C/C(=O)Nc2cc(F)ccc2F)c(OC)c1. The molecule has 2 aromatic rings. The van der Waals surface area contributed by atoms with E-state index in [1.54, 1.807) is 25.1 Å². The van der Waals surface area contributed by atoms with Gasteiger partial charge in [0.1, 0.15) is 23.1 Å². The zero-order valence-corrected chi connectivity index (χ0v) is 13.5. The van der Waals surface area contributed by atoms with Gasteiger partial charge >= 0.3 is 0 Å². The highest BCUT2D eigenvalue weighted by molar-refractivity contribution is 6.04. The molecule has 0 aliphatic rings. The monoisotopic (exact) mass is 333 g/mol. The van der Waals surface area contributed by atoms with E-state index in [9.17, 15) is 13.6 Å². The molecule has 0 unspecified atom stereocenters. The third-order valence-corrected chi connectivity index (χ3v) is 3.37. The number of amides is 1. The molecule has 1 N–H and O–H groups in total. The van der Waals surface area contributed by atoms with Crippen molar-refractivity contribution in [2.45, 2.75) is 6.92 Å². The van der Waals surface area contributed by atoms with Gasteiger partial charge in [0.25, 0.3) is 0 Å². The van der Waals surface area contributed by atoms with Crippen molar-refractivity contribution < 1.29 is 23.0 Å². The molecule has 126 valence electrons. The lowest BCUT2D eigenvalue weighted by atomic mass is 10.1. The van der Waals surface area contributed by atoms with E-state index in [0.717, 1.165) is 18.2 Å². The lowest BCUT2D eigenvalue weighted by Gasteiger charge is -2.11. The third kappa shape index (κ3) is 4.10. The van der Waals surface area contributed by atoms with Crippen LogP contribution in [0.15, 0.2) is 42.5 Å².